The molecule has 1 aromatic rings. The number of hydrogen-bond acceptors (Lipinski definition) is 9. The fourth-order valence-corrected chi connectivity index (χ4v) is 6.17. The van der Waals surface area contributed by atoms with E-state index in [2.05, 4.69) is 12.2 Å². The van der Waals surface area contributed by atoms with Crippen LogP contribution in [0.15, 0.2) is 18.2 Å². The zero-order valence-electron chi connectivity index (χ0n) is 24.3. The van der Waals surface area contributed by atoms with Gasteiger partial charge >= 0.3 is 11.9 Å². The zero-order chi connectivity index (χ0) is 31.2. The summed E-state index contributed by atoms with van der Waals surface area (Å²) >= 11 is 1.36. The van der Waals surface area contributed by atoms with Gasteiger partial charge in [0.05, 0.1) is 19.6 Å². The van der Waals surface area contributed by atoms with E-state index in [4.69, 9.17) is 15.6 Å². The summed E-state index contributed by atoms with van der Waals surface area (Å²) in [5, 5.41) is 30.8. The van der Waals surface area contributed by atoms with Crippen LogP contribution in [0.25, 0.3) is 0 Å². The van der Waals surface area contributed by atoms with Crippen molar-refractivity contribution < 1.29 is 44.0 Å². The molecule has 2 rings (SSSR count). The molecule has 13 heteroatoms. The number of carbonyl (C=O) groups excluding carboxylic acids is 3. The lowest BCUT2D eigenvalue weighted by molar-refractivity contribution is -0.149. The molecule has 12 nitrogen and oxygen atoms in total. The number of carbonyl (C=O) groups is 5. The minimum absolute atomic E-state index is 0.0173. The Morgan fingerprint density at radius 3 is 2.55 bits per heavy atom. The van der Waals surface area contributed by atoms with E-state index in [-0.39, 0.29) is 41.9 Å². The molecule has 6 N–H and O–H groups in total. The molecule has 1 saturated heterocycles. The van der Waals surface area contributed by atoms with Crippen LogP contribution in [-0.4, -0.2) is 92.5 Å². The third kappa shape index (κ3) is 11.2. The highest BCUT2D eigenvalue weighted by atomic mass is 32.2. The minimum Gasteiger partial charge on any atom is -0.504 e. The molecule has 1 aliphatic rings. The van der Waals surface area contributed by atoms with E-state index in [0.717, 1.165) is 24.8 Å². The van der Waals surface area contributed by atoms with Gasteiger partial charge in [-0.05, 0) is 43.4 Å². The van der Waals surface area contributed by atoms with Gasteiger partial charge in [0.2, 0.25) is 11.8 Å². The fourth-order valence-electron chi connectivity index (χ4n) is 4.84. The molecule has 1 aliphatic heterocycles. The van der Waals surface area contributed by atoms with Crippen molar-refractivity contribution in [2.24, 2.45) is 5.73 Å². The molecule has 0 radical (unpaired) electrons. The summed E-state index contributed by atoms with van der Waals surface area (Å²) < 4.78 is 5.13. The fraction of sp³-hybridized carbons (Fsp3) is 0.621. The number of hydrogen-bond donors (Lipinski definition) is 5. The number of carboxylic acids is 2. The second-order valence-corrected chi connectivity index (χ2v) is 11.8. The number of likely N-dealkylation sites (tertiary alicyclic amines) is 1. The molecule has 1 aromatic carbocycles. The Hall–Kier alpha value is -3.32. The van der Waals surface area contributed by atoms with E-state index in [1.807, 2.05) is 0 Å². The van der Waals surface area contributed by atoms with Crippen LogP contribution in [-0.2, 0) is 30.4 Å². The number of phenols is 1. The van der Waals surface area contributed by atoms with Gasteiger partial charge in [-0.15, -0.1) is 0 Å². The van der Waals surface area contributed by atoms with E-state index in [1.54, 1.807) is 12.1 Å². The summed E-state index contributed by atoms with van der Waals surface area (Å²) in [6.45, 7) is 2.30. The molecule has 234 valence electrons. The predicted molar refractivity (Wildman–Crippen MR) is 158 cm³/mol. The molecule has 0 bridgehead atoms. The molecule has 0 spiro atoms. The average molecular weight is 610 g/mol. The molecular weight excluding hydrogens is 566 g/mol. The van der Waals surface area contributed by atoms with Gasteiger partial charge in [0.25, 0.3) is 0 Å². The number of carboxylic acid groups (broad SMARTS) is 2. The first-order chi connectivity index (χ1) is 20.0. The van der Waals surface area contributed by atoms with Gasteiger partial charge in [-0.1, -0.05) is 32.3 Å². The second kappa shape index (κ2) is 17.6. The van der Waals surface area contributed by atoms with Crippen LogP contribution in [0.3, 0.4) is 0 Å². The number of aromatic hydroxyl groups is 1. The number of nitrogens with two attached hydrogens (primary N) is 1. The maximum Gasteiger partial charge on any atom is 0.326 e. The number of rotatable bonds is 19. The largest absolute Gasteiger partial charge is 0.504 e. The van der Waals surface area contributed by atoms with Crippen LogP contribution in [0.2, 0.25) is 0 Å². The Morgan fingerprint density at radius 1 is 1.17 bits per heavy atom. The van der Waals surface area contributed by atoms with E-state index in [1.165, 1.54) is 29.8 Å². The van der Waals surface area contributed by atoms with E-state index in [9.17, 15) is 34.2 Å². The number of benzene rings is 1. The third-order valence-electron chi connectivity index (χ3n) is 7.19. The predicted octanol–water partition coefficient (Wildman–Crippen LogP) is 2.34. The maximum atomic E-state index is 13.5. The van der Waals surface area contributed by atoms with Crippen LogP contribution in [0.4, 0.5) is 0 Å². The summed E-state index contributed by atoms with van der Waals surface area (Å²) in [5.41, 5.74) is 6.57. The minimum atomic E-state index is -1.38. The number of aryl methyl sites for hydroxylation is 1. The van der Waals surface area contributed by atoms with Crippen molar-refractivity contribution in [3.8, 4) is 11.5 Å². The standard InChI is InChI=1S/C29H43N3O9S/c1-3-4-5-7-20(15-19(33)11-9-18-10-12-24(34)25(14-18)41-2)42-17-22(31-27(37)21(30)16-26(35)36)28(38)32-13-6-8-23(32)29(39)40/h10,12,14,20-23,34H,3-9,11,13,15-17,30H2,1-2H3,(H,31,37)(H,35,36)(H,39,40). The molecule has 2 amide bonds. The first-order valence-corrected chi connectivity index (χ1v) is 15.3. The number of nitrogens with one attached hydrogen (secondary N) is 1. The van der Waals surface area contributed by atoms with Crippen molar-refractivity contribution in [3.63, 3.8) is 0 Å². The Kier molecular flexibility index (Phi) is 14.6. The summed E-state index contributed by atoms with van der Waals surface area (Å²) in [6.07, 6.45) is 4.71. The van der Waals surface area contributed by atoms with E-state index < -0.39 is 48.3 Å². The van der Waals surface area contributed by atoms with Crippen LogP contribution < -0.4 is 15.8 Å². The van der Waals surface area contributed by atoms with Crippen molar-refractivity contribution in [3.05, 3.63) is 23.8 Å². The monoisotopic (exact) mass is 609 g/mol. The Bertz CT molecular complexity index is 1100. The van der Waals surface area contributed by atoms with Gasteiger partial charge in [0.1, 0.15) is 17.9 Å². The summed E-state index contributed by atoms with van der Waals surface area (Å²) in [4.78, 5) is 63.1. The van der Waals surface area contributed by atoms with Crippen molar-refractivity contribution in [1.29, 1.82) is 0 Å². The molecule has 4 atom stereocenters. The first-order valence-electron chi connectivity index (χ1n) is 14.3. The highest BCUT2D eigenvalue weighted by Crippen LogP contribution is 2.28. The number of ether oxygens (including phenoxy) is 1. The molecule has 0 saturated carbocycles. The van der Waals surface area contributed by atoms with Crippen molar-refractivity contribution in [1.82, 2.24) is 10.2 Å². The average Bonchev–Trinajstić information content (AvgIpc) is 3.44. The smallest absolute Gasteiger partial charge is 0.326 e. The lowest BCUT2D eigenvalue weighted by Gasteiger charge is -2.29. The topological polar surface area (TPSA) is 197 Å². The highest BCUT2D eigenvalue weighted by molar-refractivity contribution is 8.00. The number of ketones is 1. The second-order valence-electron chi connectivity index (χ2n) is 10.5. The number of Topliss-reactive ketones (excluding diaryl/α,β-unsaturated/α-hetero) is 1. The number of unbranched alkanes of at least 4 members (excludes halogenated alkanes) is 2. The normalized spacial score (nSPS) is 16.8. The van der Waals surface area contributed by atoms with Crippen LogP contribution in [0.1, 0.15) is 70.3 Å². The van der Waals surface area contributed by atoms with Gasteiger partial charge in [-0.2, -0.15) is 11.8 Å². The van der Waals surface area contributed by atoms with Gasteiger partial charge in [-0.3, -0.25) is 19.2 Å². The number of phenolic OH excluding ortho intramolecular Hbond substituents is 1. The Morgan fingerprint density at radius 2 is 1.90 bits per heavy atom. The molecule has 0 aromatic heterocycles. The van der Waals surface area contributed by atoms with Crippen LogP contribution in [0, 0.1) is 0 Å². The van der Waals surface area contributed by atoms with Crippen molar-refractivity contribution in [2.45, 2.75) is 94.5 Å². The number of thioether (sulfide) groups is 1. The molecule has 1 heterocycles. The number of amides is 2. The molecule has 0 aliphatic carbocycles. The molecule has 1 fully saturated rings. The van der Waals surface area contributed by atoms with Gasteiger partial charge in [0, 0.05) is 30.4 Å². The number of nitrogens with zero attached hydrogens (tertiary/aromatic N) is 1. The van der Waals surface area contributed by atoms with Gasteiger partial charge in [0.15, 0.2) is 11.5 Å². The molecule has 42 heavy (non-hydrogen) atoms. The van der Waals surface area contributed by atoms with Crippen LogP contribution >= 0.6 is 11.8 Å². The van der Waals surface area contributed by atoms with Gasteiger partial charge in [-0.25, -0.2) is 4.79 Å². The lowest BCUT2D eigenvalue weighted by atomic mass is 10.0. The highest BCUT2D eigenvalue weighted by Gasteiger charge is 2.38. The zero-order valence-corrected chi connectivity index (χ0v) is 25.1. The van der Waals surface area contributed by atoms with Crippen molar-refractivity contribution >= 4 is 41.3 Å². The SMILES string of the molecule is CCCCCC(CC(=O)CCc1ccc(O)c(OC)c1)SCC(NC(=O)C(N)CC(=O)O)C(=O)N1CCCC1C(=O)O. The summed E-state index contributed by atoms with van der Waals surface area (Å²) in [5.74, 6) is -3.32. The van der Waals surface area contributed by atoms with Gasteiger partial charge < -0.3 is 36.0 Å². The summed E-state index contributed by atoms with van der Waals surface area (Å²) in [6, 6.07) is 1.43. The number of aliphatic carboxylic acids is 2. The maximum absolute atomic E-state index is 13.5. The van der Waals surface area contributed by atoms with Crippen molar-refractivity contribution in [2.75, 3.05) is 19.4 Å². The van der Waals surface area contributed by atoms with E-state index >= 15 is 0 Å². The Balaban J connectivity index is 2.12. The lowest BCUT2D eigenvalue weighted by Crippen LogP contribution is -2.55. The number of methoxy groups -OCH3 is 1. The van der Waals surface area contributed by atoms with Crippen LogP contribution in [0.5, 0.6) is 11.5 Å². The summed E-state index contributed by atoms with van der Waals surface area (Å²) in [7, 11) is 1.45. The van der Waals surface area contributed by atoms with E-state index in [0.29, 0.717) is 31.4 Å². The first kappa shape index (κ1) is 34.9. The third-order valence-corrected chi connectivity index (χ3v) is 8.59. The Labute approximate surface area is 250 Å². The molecular formula is C29H43N3O9S. The quantitative estimate of drug-likeness (QED) is 0.144. The molecule has 4 unspecified atom stereocenters.